The first-order valence-corrected chi connectivity index (χ1v) is 8.14. The first kappa shape index (κ1) is 18.0. The Morgan fingerprint density at radius 3 is 2.59 bits per heavy atom. The first-order chi connectivity index (χ1) is 13.0. The molecular weight excluding hydrogens is 344 g/mol. The van der Waals surface area contributed by atoms with Gasteiger partial charge in [-0.1, -0.05) is 35.7 Å². The predicted molar refractivity (Wildman–Crippen MR) is 101 cm³/mol. The van der Waals surface area contributed by atoms with E-state index < -0.39 is 17.8 Å². The van der Waals surface area contributed by atoms with Gasteiger partial charge in [-0.3, -0.25) is 14.9 Å². The minimum absolute atomic E-state index is 0.106. The maximum absolute atomic E-state index is 12.8. The van der Waals surface area contributed by atoms with E-state index in [4.69, 9.17) is 11.2 Å². The molecule has 1 aliphatic heterocycles. The average Bonchev–Trinajstić information content (AvgIpc) is 2.65. The van der Waals surface area contributed by atoms with E-state index in [0.29, 0.717) is 17.0 Å². The van der Waals surface area contributed by atoms with Crippen molar-refractivity contribution in [1.29, 1.82) is 0 Å². The number of hydrogen-bond donors (Lipinski definition) is 1. The second kappa shape index (κ2) is 7.58. The number of aryl methyl sites for hydroxylation is 1. The van der Waals surface area contributed by atoms with Crippen LogP contribution < -0.4 is 15.0 Å². The zero-order valence-electron chi connectivity index (χ0n) is 14.6. The fourth-order valence-electron chi connectivity index (χ4n) is 2.57. The van der Waals surface area contributed by atoms with Gasteiger partial charge in [-0.15, -0.1) is 6.42 Å². The summed E-state index contributed by atoms with van der Waals surface area (Å²) in [5.41, 5.74) is 1.79. The Balaban J connectivity index is 1.94. The Bertz CT molecular complexity index is 984. The van der Waals surface area contributed by atoms with Crippen LogP contribution in [0.5, 0.6) is 5.75 Å². The van der Waals surface area contributed by atoms with Crippen molar-refractivity contribution in [1.82, 2.24) is 5.32 Å². The largest absolute Gasteiger partial charge is 0.481 e. The monoisotopic (exact) mass is 360 g/mol. The van der Waals surface area contributed by atoms with E-state index in [1.54, 1.807) is 48.5 Å². The molecule has 6 nitrogen and oxygen atoms in total. The van der Waals surface area contributed by atoms with Gasteiger partial charge < -0.3 is 4.74 Å². The van der Waals surface area contributed by atoms with Gasteiger partial charge in [0.15, 0.2) is 0 Å². The van der Waals surface area contributed by atoms with Gasteiger partial charge in [-0.2, -0.15) is 0 Å². The lowest BCUT2D eigenvalue weighted by molar-refractivity contribution is -0.122. The number of nitrogens with zero attached hydrogens (tertiary/aromatic N) is 1. The van der Waals surface area contributed by atoms with Crippen molar-refractivity contribution in [2.24, 2.45) is 0 Å². The van der Waals surface area contributed by atoms with Gasteiger partial charge in [-0.25, -0.2) is 9.69 Å². The Morgan fingerprint density at radius 2 is 1.89 bits per heavy atom. The number of barbiturate groups is 1. The topological polar surface area (TPSA) is 75.7 Å². The molecule has 134 valence electrons. The summed E-state index contributed by atoms with van der Waals surface area (Å²) in [6.07, 6.45) is 6.58. The number of urea groups is 1. The molecule has 1 saturated heterocycles. The standard InChI is InChI=1S/C21H16N2O4/c1-3-11-27-17-6-4-5-15(12-17)13-18-19(24)22-21(26)23(20(18)25)16-9-7-14(2)8-10-16/h1,4-10,12-13H,11H2,2H3,(H,22,24,26)/b18-13-. The molecule has 0 bridgehead atoms. The van der Waals surface area contributed by atoms with E-state index >= 15 is 0 Å². The molecule has 0 spiro atoms. The summed E-state index contributed by atoms with van der Waals surface area (Å²) >= 11 is 0. The number of hydrogen-bond acceptors (Lipinski definition) is 4. The lowest BCUT2D eigenvalue weighted by Crippen LogP contribution is -2.54. The van der Waals surface area contributed by atoms with Crippen LogP contribution in [-0.2, 0) is 9.59 Å². The van der Waals surface area contributed by atoms with Crippen LogP contribution in [0.1, 0.15) is 11.1 Å². The predicted octanol–water partition coefficient (Wildman–Crippen LogP) is 2.67. The van der Waals surface area contributed by atoms with E-state index in [0.717, 1.165) is 10.5 Å². The third-order valence-corrected chi connectivity index (χ3v) is 3.89. The quantitative estimate of drug-likeness (QED) is 0.517. The number of ether oxygens (including phenoxy) is 1. The highest BCUT2D eigenvalue weighted by Crippen LogP contribution is 2.23. The molecule has 0 radical (unpaired) electrons. The third kappa shape index (κ3) is 3.88. The number of carbonyl (C=O) groups is 3. The van der Waals surface area contributed by atoms with Crippen LogP contribution in [0.3, 0.4) is 0 Å². The van der Waals surface area contributed by atoms with E-state index in [1.165, 1.54) is 6.08 Å². The van der Waals surface area contributed by atoms with Crippen LogP contribution in [0.15, 0.2) is 54.1 Å². The molecule has 1 N–H and O–H groups in total. The zero-order chi connectivity index (χ0) is 19.4. The SMILES string of the molecule is C#CCOc1cccc(/C=C2/C(=O)NC(=O)N(c3ccc(C)cc3)C2=O)c1. The Kier molecular flexibility index (Phi) is 5.04. The molecule has 2 aromatic carbocycles. The average molecular weight is 360 g/mol. The lowest BCUT2D eigenvalue weighted by atomic mass is 10.1. The van der Waals surface area contributed by atoms with Crippen LogP contribution in [0.2, 0.25) is 0 Å². The normalized spacial score (nSPS) is 15.5. The van der Waals surface area contributed by atoms with Gasteiger partial charge in [-0.05, 0) is 42.8 Å². The molecule has 4 amide bonds. The minimum atomic E-state index is -0.780. The van der Waals surface area contributed by atoms with E-state index in [-0.39, 0.29) is 12.2 Å². The molecule has 0 saturated carbocycles. The van der Waals surface area contributed by atoms with Crippen LogP contribution in [0.4, 0.5) is 10.5 Å². The summed E-state index contributed by atoms with van der Waals surface area (Å²) in [5, 5.41) is 2.19. The maximum atomic E-state index is 12.8. The summed E-state index contributed by atoms with van der Waals surface area (Å²) in [5.74, 6) is 1.44. The highest BCUT2D eigenvalue weighted by molar-refractivity contribution is 6.39. The molecule has 6 heteroatoms. The number of rotatable bonds is 4. The smallest absolute Gasteiger partial charge is 0.335 e. The molecule has 0 aliphatic carbocycles. The molecule has 1 heterocycles. The van der Waals surface area contributed by atoms with Crippen molar-refractivity contribution in [3.8, 4) is 18.1 Å². The molecule has 3 rings (SSSR count). The van der Waals surface area contributed by atoms with Crippen LogP contribution >= 0.6 is 0 Å². The van der Waals surface area contributed by atoms with Crippen LogP contribution in [0.25, 0.3) is 6.08 Å². The Hall–Kier alpha value is -3.85. The van der Waals surface area contributed by atoms with Crippen molar-refractivity contribution < 1.29 is 19.1 Å². The van der Waals surface area contributed by atoms with Crippen molar-refractivity contribution >= 4 is 29.6 Å². The third-order valence-electron chi connectivity index (χ3n) is 3.89. The summed E-state index contributed by atoms with van der Waals surface area (Å²) in [6, 6.07) is 12.9. The van der Waals surface area contributed by atoms with Gasteiger partial charge in [0.05, 0.1) is 5.69 Å². The van der Waals surface area contributed by atoms with Crippen LogP contribution in [-0.4, -0.2) is 24.5 Å². The van der Waals surface area contributed by atoms with Crippen molar-refractivity contribution in [3.63, 3.8) is 0 Å². The van der Waals surface area contributed by atoms with Gasteiger partial charge >= 0.3 is 6.03 Å². The van der Waals surface area contributed by atoms with Crippen molar-refractivity contribution in [2.75, 3.05) is 11.5 Å². The first-order valence-electron chi connectivity index (χ1n) is 8.14. The number of terminal acetylenes is 1. The molecule has 27 heavy (non-hydrogen) atoms. The fraction of sp³-hybridized carbons (Fsp3) is 0.0952. The molecule has 0 atom stereocenters. The van der Waals surface area contributed by atoms with Crippen LogP contribution in [0, 0.1) is 19.3 Å². The summed E-state index contributed by atoms with van der Waals surface area (Å²) in [4.78, 5) is 38.1. The fourth-order valence-corrected chi connectivity index (χ4v) is 2.57. The number of benzene rings is 2. The second-order valence-electron chi connectivity index (χ2n) is 5.86. The Labute approximate surface area is 156 Å². The number of nitrogens with one attached hydrogen (secondary N) is 1. The van der Waals surface area contributed by atoms with Gasteiger partial charge in [0.2, 0.25) is 0 Å². The molecule has 2 aromatic rings. The summed E-state index contributed by atoms with van der Waals surface area (Å²) in [7, 11) is 0. The summed E-state index contributed by atoms with van der Waals surface area (Å²) < 4.78 is 5.34. The molecule has 0 unspecified atom stereocenters. The van der Waals surface area contributed by atoms with E-state index in [2.05, 4.69) is 11.2 Å². The number of imide groups is 2. The van der Waals surface area contributed by atoms with Gasteiger partial charge in [0.25, 0.3) is 11.8 Å². The molecular formula is C21H16N2O4. The maximum Gasteiger partial charge on any atom is 0.335 e. The van der Waals surface area contributed by atoms with Gasteiger partial charge in [0, 0.05) is 0 Å². The number of carbonyl (C=O) groups excluding carboxylic acids is 3. The molecule has 1 aliphatic rings. The van der Waals surface area contributed by atoms with Gasteiger partial charge in [0.1, 0.15) is 17.9 Å². The zero-order valence-corrected chi connectivity index (χ0v) is 14.6. The highest BCUT2D eigenvalue weighted by atomic mass is 16.5. The van der Waals surface area contributed by atoms with Crippen molar-refractivity contribution in [3.05, 3.63) is 65.2 Å². The second-order valence-corrected chi connectivity index (χ2v) is 5.86. The lowest BCUT2D eigenvalue weighted by Gasteiger charge is -2.26. The van der Waals surface area contributed by atoms with Crippen molar-refractivity contribution in [2.45, 2.75) is 6.92 Å². The summed E-state index contributed by atoms with van der Waals surface area (Å²) in [6.45, 7) is 2.00. The molecule has 1 fully saturated rings. The van der Waals surface area contributed by atoms with E-state index in [1.807, 2.05) is 6.92 Å². The minimum Gasteiger partial charge on any atom is -0.481 e. The number of anilines is 1. The molecule has 0 aromatic heterocycles. The number of amides is 4. The van der Waals surface area contributed by atoms with E-state index in [9.17, 15) is 14.4 Å². The Morgan fingerprint density at radius 1 is 1.15 bits per heavy atom. The highest BCUT2D eigenvalue weighted by Gasteiger charge is 2.36.